The highest BCUT2D eigenvalue weighted by Gasteiger charge is 2.20. The number of ether oxygens (including phenoxy) is 1. The summed E-state index contributed by atoms with van der Waals surface area (Å²) in [6, 6.07) is 8.31. The maximum atomic E-state index is 11.2. The van der Waals surface area contributed by atoms with E-state index in [-0.39, 0.29) is 6.10 Å². The zero-order valence-corrected chi connectivity index (χ0v) is 10.6. The Hall–Kier alpha value is -1.31. The first-order valence-electron chi connectivity index (χ1n) is 6.43. The fraction of sp³-hybridized carbons (Fsp3) is 0.533. The van der Waals surface area contributed by atoms with Crippen LogP contribution in [-0.2, 0) is 4.79 Å². The van der Waals surface area contributed by atoms with Gasteiger partial charge in [0.2, 0.25) is 0 Å². The van der Waals surface area contributed by atoms with Crippen molar-refractivity contribution in [3.63, 3.8) is 0 Å². The van der Waals surface area contributed by atoms with Crippen LogP contribution in [-0.4, -0.2) is 11.9 Å². The van der Waals surface area contributed by atoms with Crippen LogP contribution in [0.5, 0.6) is 5.75 Å². The molecular formula is C15H20O2. The summed E-state index contributed by atoms with van der Waals surface area (Å²) in [7, 11) is 0. The van der Waals surface area contributed by atoms with E-state index in [4.69, 9.17) is 4.74 Å². The Morgan fingerprint density at radius 1 is 1.24 bits per heavy atom. The highest BCUT2D eigenvalue weighted by atomic mass is 16.5. The van der Waals surface area contributed by atoms with Crippen molar-refractivity contribution in [1.82, 2.24) is 0 Å². The van der Waals surface area contributed by atoms with Crippen LogP contribution < -0.4 is 4.74 Å². The molecule has 17 heavy (non-hydrogen) atoms. The van der Waals surface area contributed by atoms with Crippen molar-refractivity contribution < 1.29 is 9.53 Å². The van der Waals surface area contributed by atoms with Gasteiger partial charge in [0.15, 0.2) is 0 Å². The Kier molecular flexibility index (Phi) is 3.82. The van der Waals surface area contributed by atoms with Gasteiger partial charge in [-0.2, -0.15) is 0 Å². The molecule has 0 bridgehead atoms. The van der Waals surface area contributed by atoms with Crippen molar-refractivity contribution >= 4 is 5.78 Å². The molecule has 0 heterocycles. The molecule has 0 unspecified atom stereocenters. The zero-order valence-electron chi connectivity index (χ0n) is 10.6. The lowest BCUT2D eigenvalue weighted by molar-refractivity contribution is -0.120. The summed E-state index contributed by atoms with van der Waals surface area (Å²) in [6.45, 7) is 4.07. The quantitative estimate of drug-likeness (QED) is 0.794. The largest absolute Gasteiger partial charge is 0.491 e. The Morgan fingerprint density at radius 3 is 2.59 bits per heavy atom. The Morgan fingerprint density at radius 2 is 1.94 bits per heavy atom. The van der Waals surface area contributed by atoms with E-state index in [1.54, 1.807) is 0 Å². The molecule has 1 aliphatic carbocycles. The van der Waals surface area contributed by atoms with Gasteiger partial charge in [-0.25, -0.2) is 0 Å². The molecular weight excluding hydrogens is 212 g/mol. The Bertz CT molecular complexity index is 386. The smallest absolute Gasteiger partial charge is 0.132 e. The molecule has 0 N–H and O–H groups in total. The standard InChI is InChI=1S/C15H20O2/c1-11(2)17-15-5-3-4-13(10-15)12-6-8-14(16)9-7-12/h3-5,10-12H,6-9H2,1-2H3. The minimum absolute atomic E-state index is 0.207. The fourth-order valence-corrected chi connectivity index (χ4v) is 2.39. The average molecular weight is 232 g/mol. The predicted molar refractivity (Wildman–Crippen MR) is 68.4 cm³/mol. The zero-order chi connectivity index (χ0) is 12.3. The van der Waals surface area contributed by atoms with Crippen LogP contribution in [0.25, 0.3) is 0 Å². The fourth-order valence-electron chi connectivity index (χ4n) is 2.39. The lowest BCUT2D eigenvalue weighted by Gasteiger charge is -2.22. The van der Waals surface area contributed by atoms with Crippen molar-refractivity contribution in [1.29, 1.82) is 0 Å². The second-order valence-corrected chi connectivity index (χ2v) is 5.05. The summed E-state index contributed by atoms with van der Waals surface area (Å²) < 4.78 is 5.70. The van der Waals surface area contributed by atoms with E-state index in [1.807, 2.05) is 26.0 Å². The Labute approximate surface area is 103 Å². The minimum Gasteiger partial charge on any atom is -0.491 e. The van der Waals surface area contributed by atoms with Crippen LogP contribution in [0.1, 0.15) is 51.0 Å². The van der Waals surface area contributed by atoms with Gasteiger partial charge in [0.05, 0.1) is 6.10 Å². The molecule has 2 rings (SSSR count). The molecule has 2 nitrogen and oxygen atoms in total. The summed E-state index contributed by atoms with van der Waals surface area (Å²) in [6.07, 6.45) is 3.66. The van der Waals surface area contributed by atoms with Gasteiger partial charge in [-0.1, -0.05) is 12.1 Å². The first kappa shape index (κ1) is 12.2. The Balaban J connectivity index is 2.07. The second kappa shape index (κ2) is 5.35. The van der Waals surface area contributed by atoms with E-state index in [0.29, 0.717) is 11.7 Å². The predicted octanol–water partition coefficient (Wildman–Crippen LogP) is 3.70. The van der Waals surface area contributed by atoms with Crippen LogP contribution in [0, 0.1) is 0 Å². The number of rotatable bonds is 3. The van der Waals surface area contributed by atoms with E-state index in [0.717, 1.165) is 31.4 Å². The van der Waals surface area contributed by atoms with Gasteiger partial charge in [-0.15, -0.1) is 0 Å². The minimum atomic E-state index is 0.207. The molecule has 2 heteroatoms. The van der Waals surface area contributed by atoms with E-state index < -0.39 is 0 Å². The molecule has 92 valence electrons. The topological polar surface area (TPSA) is 26.3 Å². The van der Waals surface area contributed by atoms with Gasteiger partial charge in [0.25, 0.3) is 0 Å². The lowest BCUT2D eigenvalue weighted by atomic mass is 9.83. The van der Waals surface area contributed by atoms with E-state index >= 15 is 0 Å². The van der Waals surface area contributed by atoms with E-state index in [9.17, 15) is 4.79 Å². The third-order valence-electron chi connectivity index (χ3n) is 3.24. The van der Waals surface area contributed by atoms with Crippen molar-refractivity contribution in [2.24, 2.45) is 0 Å². The number of carbonyl (C=O) groups excluding carboxylic acids is 1. The molecule has 0 aliphatic heterocycles. The van der Waals surface area contributed by atoms with Gasteiger partial charge < -0.3 is 4.74 Å². The lowest BCUT2D eigenvalue weighted by Crippen LogP contribution is -2.12. The number of benzene rings is 1. The van der Waals surface area contributed by atoms with Gasteiger partial charge in [-0.05, 0) is 50.3 Å². The summed E-state index contributed by atoms with van der Waals surface area (Å²) in [5.74, 6) is 1.88. The molecule has 1 aliphatic rings. The normalized spacial score (nSPS) is 17.5. The van der Waals surface area contributed by atoms with Gasteiger partial charge in [0.1, 0.15) is 11.5 Å². The van der Waals surface area contributed by atoms with Crippen molar-refractivity contribution in [2.45, 2.75) is 51.6 Å². The maximum Gasteiger partial charge on any atom is 0.132 e. The van der Waals surface area contributed by atoms with E-state index in [2.05, 4.69) is 12.1 Å². The highest BCUT2D eigenvalue weighted by molar-refractivity contribution is 5.79. The third kappa shape index (κ3) is 3.32. The first-order chi connectivity index (χ1) is 8.15. The van der Waals surface area contributed by atoms with Crippen molar-refractivity contribution in [3.05, 3.63) is 29.8 Å². The summed E-state index contributed by atoms with van der Waals surface area (Å²) in [5.41, 5.74) is 1.32. The van der Waals surface area contributed by atoms with Gasteiger partial charge in [0, 0.05) is 12.8 Å². The third-order valence-corrected chi connectivity index (χ3v) is 3.24. The first-order valence-corrected chi connectivity index (χ1v) is 6.43. The molecule has 1 saturated carbocycles. The molecule has 0 spiro atoms. The molecule has 0 amide bonds. The highest BCUT2D eigenvalue weighted by Crippen LogP contribution is 2.32. The maximum absolute atomic E-state index is 11.2. The van der Waals surface area contributed by atoms with Crippen LogP contribution >= 0.6 is 0 Å². The van der Waals surface area contributed by atoms with Crippen LogP contribution in [0.3, 0.4) is 0 Å². The van der Waals surface area contributed by atoms with Crippen molar-refractivity contribution in [3.8, 4) is 5.75 Å². The molecule has 1 aromatic carbocycles. The van der Waals surface area contributed by atoms with Crippen LogP contribution in [0.4, 0.5) is 0 Å². The van der Waals surface area contributed by atoms with Gasteiger partial charge >= 0.3 is 0 Å². The van der Waals surface area contributed by atoms with E-state index in [1.165, 1.54) is 5.56 Å². The average Bonchev–Trinajstić information content (AvgIpc) is 2.29. The molecule has 0 aromatic heterocycles. The number of carbonyl (C=O) groups is 1. The van der Waals surface area contributed by atoms with Crippen molar-refractivity contribution in [2.75, 3.05) is 0 Å². The second-order valence-electron chi connectivity index (χ2n) is 5.05. The van der Waals surface area contributed by atoms with Crippen LogP contribution in [0.2, 0.25) is 0 Å². The summed E-state index contributed by atoms with van der Waals surface area (Å²) in [4.78, 5) is 11.2. The summed E-state index contributed by atoms with van der Waals surface area (Å²) >= 11 is 0. The summed E-state index contributed by atoms with van der Waals surface area (Å²) in [5, 5.41) is 0. The number of ketones is 1. The SMILES string of the molecule is CC(C)Oc1cccc(C2CCC(=O)CC2)c1. The monoisotopic (exact) mass is 232 g/mol. The number of hydrogen-bond donors (Lipinski definition) is 0. The molecule has 1 fully saturated rings. The van der Waals surface area contributed by atoms with Gasteiger partial charge in [-0.3, -0.25) is 4.79 Å². The molecule has 0 atom stereocenters. The molecule has 0 radical (unpaired) electrons. The number of hydrogen-bond acceptors (Lipinski definition) is 2. The molecule has 0 saturated heterocycles. The molecule has 1 aromatic rings. The van der Waals surface area contributed by atoms with Crippen LogP contribution in [0.15, 0.2) is 24.3 Å². The number of Topliss-reactive ketones (excluding diaryl/α,β-unsaturated/α-hetero) is 1.